The second kappa shape index (κ2) is 4.14. The zero-order chi connectivity index (χ0) is 12.4. The predicted octanol–water partition coefficient (Wildman–Crippen LogP) is 0.656. The maximum absolute atomic E-state index is 11.4. The lowest BCUT2D eigenvalue weighted by atomic mass is 10.1. The molecule has 0 aromatic carbocycles. The topological polar surface area (TPSA) is 83.7 Å². The summed E-state index contributed by atoms with van der Waals surface area (Å²) in [6, 6.07) is 3.60. The summed E-state index contributed by atoms with van der Waals surface area (Å²) in [4.78, 5) is 13.9. The summed E-state index contributed by atoms with van der Waals surface area (Å²) < 4.78 is 6.75. The predicted molar refractivity (Wildman–Crippen MR) is 60.5 cm³/mol. The van der Waals surface area contributed by atoms with Gasteiger partial charge in [-0.3, -0.25) is 9.48 Å². The molecule has 0 spiro atoms. The zero-order valence-electron chi connectivity index (χ0n) is 9.39. The van der Waals surface area contributed by atoms with Gasteiger partial charge >= 0.3 is 0 Å². The van der Waals surface area contributed by atoms with Crippen molar-refractivity contribution in [1.82, 2.24) is 14.8 Å². The van der Waals surface area contributed by atoms with E-state index in [2.05, 4.69) is 10.1 Å². The molecule has 0 saturated heterocycles. The summed E-state index contributed by atoms with van der Waals surface area (Å²) in [5.41, 5.74) is 0.709. The Balaban J connectivity index is 2.71. The molecule has 2 heterocycles. The smallest absolute Gasteiger partial charge is 0.269 e. The summed E-state index contributed by atoms with van der Waals surface area (Å²) >= 11 is 0. The molecule has 2 aromatic rings. The molecule has 2 aromatic heterocycles. The van der Waals surface area contributed by atoms with E-state index in [9.17, 15) is 4.79 Å². The monoisotopic (exact) mass is 230 g/mol. The number of nitriles is 1. The largest absolute Gasteiger partial charge is 0.494 e. The van der Waals surface area contributed by atoms with Crippen molar-refractivity contribution in [3.05, 3.63) is 34.4 Å². The molecular formula is C11H10N4O2. The van der Waals surface area contributed by atoms with Crippen molar-refractivity contribution in [1.29, 1.82) is 5.26 Å². The number of ether oxygens (including phenoxy) is 1. The Bertz CT molecular complexity index is 648. The van der Waals surface area contributed by atoms with Gasteiger partial charge in [0.2, 0.25) is 0 Å². The normalized spacial score (nSPS) is 9.94. The number of methoxy groups -OCH3 is 1. The molecule has 0 amide bonds. The minimum Gasteiger partial charge on any atom is -0.494 e. The molecule has 0 fully saturated rings. The number of rotatable bonds is 2. The van der Waals surface area contributed by atoms with Crippen LogP contribution in [0.1, 0.15) is 5.56 Å². The first kappa shape index (κ1) is 11.0. The van der Waals surface area contributed by atoms with Crippen LogP contribution in [0.25, 0.3) is 11.3 Å². The number of H-pyrrole nitrogens is 1. The average Bonchev–Trinajstić information content (AvgIpc) is 2.75. The van der Waals surface area contributed by atoms with Gasteiger partial charge in [-0.25, -0.2) is 0 Å². The summed E-state index contributed by atoms with van der Waals surface area (Å²) in [5.74, 6) is 0.245. The first-order chi connectivity index (χ1) is 8.17. The highest BCUT2D eigenvalue weighted by Gasteiger charge is 2.15. The first-order valence-electron chi connectivity index (χ1n) is 4.87. The standard InChI is InChI=1S/C11H10N4O2/c1-15-4-3-9(14-15)8-6-13-11(16)7(5-12)10(8)17-2/h3-4,6H,1-2H3,(H,13,16). The molecule has 17 heavy (non-hydrogen) atoms. The molecule has 86 valence electrons. The van der Waals surface area contributed by atoms with Gasteiger partial charge in [0.25, 0.3) is 5.56 Å². The highest BCUT2D eigenvalue weighted by molar-refractivity contribution is 5.69. The van der Waals surface area contributed by atoms with Gasteiger partial charge in [-0.05, 0) is 6.07 Å². The number of hydrogen-bond acceptors (Lipinski definition) is 4. The molecule has 0 aliphatic heterocycles. The van der Waals surface area contributed by atoms with E-state index in [1.54, 1.807) is 24.0 Å². The fourth-order valence-electron chi connectivity index (χ4n) is 1.58. The molecule has 0 aliphatic rings. The molecule has 0 bridgehead atoms. The molecular weight excluding hydrogens is 220 g/mol. The van der Waals surface area contributed by atoms with Crippen molar-refractivity contribution in [2.45, 2.75) is 0 Å². The van der Waals surface area contributed by atoms with Crippen molar-refractivity contribution in [3.63, 3.8) is 0 Å². The van der Waals surface area contributed by atoms with Crippen molar-refractivity contribution in [2.24, 2.45) is 7.05 Å². The number of aromatic amines is 1. The van der Waals surface area contributed by atoms with Crippen LogP contribution in [0.3, 0.4) is 0 Å². The number of pyridine rings is 1. The van der Waals surface area contributed by atoms with Crippen LogP contribution in [-0.4, -0.2) is 21.9 Å². The Morgan fingerprint density at radius 1 is 1.59 bits per heavy atom. The second-order valence-electron chi connectivity index (χ2n) is 3.43. The third-order valence-corrected chi connectivity index (χ3v) is 2.35. The van der Waals surface area contributed by atoms with E-state index in [1.165, 1.54) is 13.3 Å². The van der Waals surface area contributed by atoms with E-state index in [0.29, 0.717) is 11.3 Å². The lowest BCUT2D eigenvalue weighted by molar-refractivity contribution is 0.414. The van der Waals surface area contributed by atoms with Gasteiger partial charge in [0.15, 0.2) is 11.3 Å². The van der Waals surface area contributed by atoms with E-state index >= 15 is 0 Å². The van der Waals surface area contributed by atoms with E-state index in [0.717, 1.165) is 0 Å². The van der Waals surface area contributed by atoms with Gasteiger partial charge in [-0.2, -0.15) is 10.4 Å². The third-order valence-electron chi connectivity index (χ3n) is 2.35. The van der Waals surface area contributed by atoms with Crippen LogP contribution in [0.4, 0.5) is 0 Å². The maximum Gasteiger partial charge on any atom is 0.269 e. The Morgan fingerprint density at radius 2 is 2.35 bits per heavy atom. The number of nitrogens with one attached hydrogen (secondary N) is 1. The Kier molecular flexibility index (Phi) is 2.66. The molecule has 0 unspecified atom stereocenters. The van der Waals surface area contributed by atoms with Gasteiger partial charge in [-0.1, -0.05) is 0 Å². The molecule has 0 radical (unpaired) electrons. The van der Waals surface area contributed by atoms with Gasteiger partial charge < -0.3 is 9.72 Å². The number of hydrogen-bond donors (Lipinski definition) is 1. The van der Waals surface area contributed by atoms with E-state index < -0.39 is 5.56 Å². The molecule has 2 rings (SSSR count). The fraction of sp³-hybridized carbons (Fsp3) is 0.182. The average molecular weight is 230 g/mol. The van der Waals surface area contributed by atoms with Gasteiger partial charge in [0.1, 0.15) is 6.07 Å². The van der Waals surface area contributed by atoms with Crippen LogP contribution in [0.2, 0.25) is 0 Å². The Hall–Kier alpha value is -2.55. The zero-order valence-corrected chi connectivity index (χ0v) is 9.39. The quantitative estimate of drug-likeness (QED) is 0.821. The van der Waals surface area contributed by atoms with Crippen molar-refractivity contribution < 1.29 is 4.74 Å². The second-order valence-corrected chi connectivity index (χ2v) is 3.43. The van der Waals surface area contributed by atoms with E-state index in [-0.39, 0.29) is 11.3 Å². The molecule has 6 heteroatoms. The van der Waals surface area contributed by atoms with E-state index in [1.807, 2.05) is 6.07 Å². The highest BCUT2D eigenvalue weighted by Crippen LogP contribution is 2.28. The maximum atomic E-state index is 11.4. The van der Waals surface area contributed by atoms with Crippen LogP contribution < -0.4 is 10.3 Å². The van der Waals surface area contributed by atoms with Crippen LogP contribution in [0.5, 0.6) is 5.75 Å². The lowest BCUT2D eigenvalue weighted by Crippen LogP contribution is -2.12. The van der Waals surface area contributed by atoms with Gasteiger partial charge in [0, 0.05) is 19.4 Å². The summed E-state index contributed by atoms with van der Waals surface area (Å²) in [5, 5.41) is 13.1. The van der Waals surface area contributed by atoms with Crippen LogP contribution in [-0.2, 0) is 7.05 Å². The number of nitrogens with zero attached hydrogens (tertiary/aromatic N) is 3. The van der Waals surface area contributed by atoms with Crippen LogP contribution in [0.15, 0.2) is 23.3 Å². The Morgan fingerprint density at radius 3 is 2.88 bits per heavy atom. The van der Waals surface area contributed by atoms with Crippen LogP contribution in [0, 0.1) is 11.3 Å². The molecule has 0 atom stereocenters. The number of aromatic nitrogens is 3. The number of aryl methyl sites for hydroxylation is 1. The summed E-state index contributed by atoms with van der Waals surface area (Å²) in [7, 11) is 3.20. The fourth-order valence-corrected chi connectivity index (χ4v) is 1.58. The lowest BCUT2D eigenvalue weighted by Gasteiger charge is -2.06. The van der Waals surface area contributed by atoms with Gasteiger partial charge in [-0.15, -0.1) is 0 Å². The molecule has 0 saturated carbocycles. The Labute approximate surface area is 97.1 Å². The summed E-state index contributed by atoms with van der Waals surface area (Å²) in [6.07, 6.45) is 3.26. The van der Waals surface area contributed by atoms with Gasteiger partial charge in [0.05, 0.1) is 18.4 Å². The minimum absolute atomic E-state index is 0.0457. The van der Waals surface area contributed by atoms with Crippen molar-refractivity contribution >= 4 is 0 Å². The van der Waals surface area contributed by atoms with Crippen molar-refractivity contribution in [3.8, 4) is 23.1 Å². The summed E-state index contributed by atoms with van der Waals surface area (Å²) in [6.45, 7) is 0. The molecule has 1 N–H and O–H groups in total. The van der Waals surface area contributed by atoms with E-state index in [4.69, 9.17) is 10.00 Å². The molecule has 0 aliphatic carbocycles. The third kappa shape index (κ3) is 1.78. The SMILES string of the molecule is COc1c(-c2ccn(C)n2)c[nH]c(=O)c1C#N. The van der Waals surface area contributed by atoms with Crippen LogP contribution >= 0.6 is 0 Å². The van der Waals surface area contributed by atoms with Crippen molar-refractivity contribution in [2.75, 3.05) is 7.11 Å². The first-order valence-corrected chi connectivity index (χ1v) is 4.87. The highest BCUT2D eigenvalue weighted by atomic mass is 16.5. The minimum atomic E-state index is -0.468. The molecule has 6 nitrogen and oxygen atoms in total.